The third kappa shape index (κ3) is 4.85. The largest absolute Gasteiger partial charge is 0.356 e. The molecule has 0 saturated carbocycles. The van der Waals surface area contributed by atoms with Crippen LogP contribution in [0.15, 0.2) is 23.4 Å². The van der Waals surface area contributed by atoms with Gasteiger partial charge in [0.2, 0.25) is 10.0 Å². The Labute approximate surface area is 175 Å². The van der Waals surface area contributed by atoms with Gasteiger partial charge in [0.1, 0.15) is 10.7 Å². The van der Waals surface area contributed by atoms with Crippen LogP contribution in [0.25, 0.3) is 0 Å². The molecule has 0 aromatic carbocycles. The lowest BCUT2D eigenvalue weighted by Crippen LogP contribution is -2.29. The quantitative estimate of drug-likeness (QED) is 0.758. The topological polar surface area (TPSA) is 118 Å². The normalized spacial score (nSPS) is 15.1. The van der Waals surface area contributed by atoms with E-state index in [0.717, 1.165) is 45.0 Å². The first kappa shape index (κ1) is 21.5. The van der Waals surface area contributed by atoms with Crippen LogP contribution in [0.4, 0.5) is 11.5 Å². The van der Waals surface area contributed by atoms with Gasteiger partial charge >= 0.3 is 0 Å². The number of pyridine rings is 2. The number of primary sulfonamides is 1. The lowest BCUT2D eigenvalue weighted by molar-refractivity contribution is 0.102. The molecule has 0 atom stereocenters. The van der Waals surface area contributed by atoms with E-state index in [0.29, 0.717) is 27.7 Å². The summed E-state index contributed by atoms with van der Waals surface area (Å²) in [4.78, 5) is 23.6. The Balaban J connectivity index is 2.00. The summed E-state index contributed by atoms with van der Waals surface area (Å²) >= 11 is 6.39. The zero-order valence-corrected chi connectivity index (χ0v) is 18.0. The molecule has 1 fully saturated rings. The molecule has 29 heavy (non-hydrogen) atoms. The van der Waals surface area contributed by atoms with E-state index < -0.39 is 15.9 Å². The molecular weight excluding hydrogens is 414 g/mol. The highest BCUT2D eigenvalue weighted by Crippen LogP contribution is 2.31. The molecule has 0 spiro atoms. The van der Waals surface area contributed by atoms with Gasteiger partial charge in [-0.05, 0) is 38.3 Å². The van der Waals surface area contributed by atoms with Gasteiger partial charge in [-0.25, -0.2) is 18.5 Å². The molecule has 1 aliphatic heterocycles. The van der Waals surface area contributed by atoms with Gasteiger partial charge in [0.05, 0.1) is 28.2 Å². The zero-order chi connectivity index (χ0) is 21.2. The Morgan fingerprint density at radius 3 is 2.45 bits per heavy atom. The fourth-order valence-electron chi connectivity index (χ4n) is 3.43. The standard InChI is InChI=1S/C19H24ClN5O3S/c1-12-16(19(26)24-14-9-15(11-22-10-14)29(21,27)28)18(23-13(2)17(12)20)25-7-5-3-4-6-8-25/h9-11H,3-8H2,1-2H3,(H,24,26)(H2,21,27,28). The molecule has 10 heteroatoms. The number of sulfonamides is 1. The highest BCUT2D eigenvalue weighted by atomic mass is 35.5. The number of anilines is 2. The number of hydrogen-bond acceptors (Lipinski definition) is 6. The molecule has 0 aliphatic carbocycles. The van der Waals surface area contributed by atoms with Crippen LogP contribution in [0.2, 0.25) is 5.02 Å². The molecule has 2 aromatic rings. The molecule has 156 valence electrons. The van der Waals surface area contributed by atoms with Crippen LogP contribution in [0, 0.1) is 13.8 Å². The highest BCUT2D eigenvalue weighted by molar-refractivity contribution is 7.89. The molecule has 0 radical (unpaired) electrons. The van der Waals surface area contributed by atoms with Crippen LogP contribution in [0.3, 0.4) is 0 Å². The molecule has 0 bridgehead atoms. The van der Waals surface area contributed by atoms with E-state index in [1.54, 1.807) is 6.92 Å². The number of nitrogens with two attached hydrogens (primary N) is 1. The summed E-state index contributed by atoms with van der Waals surface area (Å²) in [6.45, 7) is 5.23. The first-order chi connectivity index (χ1) is 13.7. The summed E-state index contributed by atoms with van der Waals surface area (Å²) in [6.07, 6.45) is 6.85. The van der Waals surface area contributed by atoms with Crippen LogP contribution in [0.1, 0.15) is 47.3 Å². The summed E-state index contributed by atoms with van der Waals surface area (Å²) < 4.78 is 23.1. The number of hydrogen-bond donors (Lipinski definition) is 2. The third-order valence-electron chi connectivity index (χ3n) is 4.95. The van der Waals surface area contributed by atoms with Crippen molar-refractivity contribution in [2.24, 2.45) is 5.14 Å². The summed E-state index contributed by atoms with van der Waals surface area (Å²) in [5.41, 5.74) is 1.90. The van der Waals surface area contributed by atoms with Crippen molar-refractivity contribution in [2.45, 2.75) is 44.4 Å². The number of aromatic nitrogens is 2. The number of nitrogens with one attached hydrogen (secondary N) is 1. The van der Waals surface area contributed by atoms with E-state index in [1.807, 2.05) is 6.92 Å². The first-order valence-corrected chi connectivity index (χ1v) is 11.3. The maximum atomic E-state index is 13.2. The van der Waals surface area contributed by atoms with Gasteiger partial charge in [0, 0.05) is 19.3 Å². The molecule has 3 heterocycles. The molecule has 3 rings (SSSR count). The molecule has 8 nitrogen and oxygen atoms in total. The van der Waals surface area contributed by atoms with Gasteiger partial charge in [-0.3, -0.25) is 9.78 Å². The fraction of sp³-hybridized carbons (Fsp3) is 0.421. The maximum absolute atomic E-state index is 13.2. The molecule has 2 aromatic heterocycles. The molecule has 1 amide bonds. The van der Waals surface area contributed by atoms with E-state index in [9.17, 15) is 13.2 Å². The van der Waals surface area contributed by atoms with E-state index in [-0.39, 0.29) is 10.6 Å². The Bertz CT molecular complexity index is 1030. The Kier molecular flexibility index (Phi) is 6.40. The Morgan fingerprint density at radius 2 is 1.83 bits per heavy atom. The monoisotopic (exact) mass is 437 g/mol. The summed E-state index contributed by atoms with van der Waals surface area (Å²) in [5, 5.41) is 8.29. The molecule has 3 N–H and O–H groups in total. The van der Waals surface area contributed by atoms with Crippen molar-refractivity contribution in [1.82, 2.24) is 9.97 Å². The number of rotatable bonds is 4. The van der Waals surface area contributed by atoms with Crippen LogP contribution < -0.4 is 15.4 Å². The lowest BCUT2D eigenvalue weighted by atomic mass is 10.1. The second-order valence-electron chi connectivity index (χ2n) is 7.14. The van der Waals surface area contributed by atoms with Gasteiger partial charge in [-0.15, -0.1) is 0 Å². The number of halogens is 1. The average Bonchev–Trinajstić information content (AvgIpc) is 2.94. The predicted molar refractivity (Wildman–Crippen MR) is 113 cm³/mol. The maximum Gasteiger partial charge on any atom is 0.259 e. The number of carbonyl (C=O) groups excluding carboxylic acids is 1. The van der Waals surface area contributed by atoms with Crippen molar-refractivity contribution in [3.8, 4) is 0 Å². The van der Waals surface area contributed by atoms with Crippen molar-refractivity contribution < 1.29 is 13.2 Å². The van der Waals surface area contributed by atoms with Gasteiger partial charge in [-0.2, -0.15) is 0 Å². The average molecular weight is 438 g/mol. The van der Waals surface area contributed by atoms with Crippen molar-refractivity contribution >= 4 is 39.0 Å². The van der Waals surface area contributed by atoms with E-state index in [2.05, 4.69) is 20.2 Å². The van der Waals surface area contributed by atoms with E-state index in [4.69, 9.17) is 16.7 Å². The number of aryl methyl sites for hydroxylation is 1. The SMILES string of the molecule is Cc1nc(N2CCCCCC2)c(C(=O)Nc2cncc(S(N)(=O)=O)c2)c(C)c1Cl. The number of nitrogens with zero attached hydrogens (tertiary/aromatic N) is 3. The second kappa shape index (κ2) is 8.64. The third-order valence-corrected chi connectivity index (χ3v) is 6.39. The minimum absolute atomic E-state index is 0.181. The smallest absolute Gasteiger partial charge is 0.259 e. The van der Waals surface area contributed by atoms with Gasteiger partial charge in [0.25, 0.3) is 5.91 Å². The van der Waals surface area contributed by atoms with Crippen LogP contribution in [-0.2, 0) is 10.0 Å². The Hall–Kier alpha value is -2.23. The van der Waals surface area contributed by atoms with E-state index in [1.165, 1.54) is 12.3 Å². The minimum atomic E-state index is -3.93. The zero-order valence-electron chi connectivity index (χ0n) is 16.4. The van der Waals surface area contributed by atoms with Gasteiger partial charge in [0.15, 0.2) is 0 Å². The van der Waals surface area contributed by atoms with Gasteiger partial charge < -0.3 is 10.2 Å². The van der Waals surface area contributed by atoms with Crippen molar-refractivity contribution in [1.29, 1.82) is 0 Å². The lowest BCUT2D eigenvalue weighted by Gasteiger charge is -2.26. The van der Waals surface area contributed by atoms with Crippen molar-refractivity contribution in [3.63, 3.8) is 0 Å². The summed E-state index contributed by atoms with van der Waals surface area (Å²) in [5.74, 6) is 0.170. The van der Waals surface area contributed by atoms with Crippen LogP contribution >= 0.6 is 11.6 Å². The molecule has 1 aliphatic rings. The van der Waals surface area contributed by atoms with Crippen LogP contribution in [0.5, 0.6) is 0 Å². The molecular formula is C19H24ClN5O3S. The minimum Gasteiger partial charge on any atom is -0.356 e. The number of amides is 1. The molecule has 0 unspecified atom stereocenters. The first-order valence-electron chi connectivity index (χ1n) is 9.39. The van der Waals surface area contributed by atoms with E-state index >= 15 is 0 Å². The summed E-state index contributed by atoms with van der Waals surface area (Å²) in [6, 6.07) is 1.27. The predicted octanol–water partition coefficient (Wildman–Crippen LogP) is 3.03. The number of carbonyl (C=O) groups is 1. The Morgan fingerprint density at radius 1 is 1.17 bits per heavy atom. The fourth-order valence-corrected chi connectivity index (χ4v) is 4.07. The second-order valence-corrected chi connectivity index (χ2v) is 9.08. The van der Waals surface area contributed by atoms with Crippen LogP contribution in [-0.4, -0.2) is 37.4 Å². The van der Waals surface area contributed by atoms with Crippen molar-refractivity contribution in [3.05, 3.63) is 40.3 Å². The highest BCUT2D eigenvalue weighted by Gasteiger charge is 2.25. The summed E-state index contributed by atoms with van der Waals surface area (Å²) in [7, 11) is -3.93. The van der Waals surface area contributed by atoms with Crippen molar-refractivity contribution in [2.75, 3.05) is 23.3 Å². The molecule has 1 saturated heterocycles. The van der Waals surface area contributed by atoms with Gasteiger partial charge in [-0.1, -0.05) is 24.4 Å².